The molecule has 6 rings (SSSR count). The number of hydrogen-bond acceptors (Lipinski definition) is 5. The van der Waals surface area contributed by atoms with Crippen molar-refractivity contribution >= 4 is 39.0 Å². The monoisotopic (exact) mass is 486 g/mol. The first kappa shape index (κ1) is 22.6. The van der Waals surface area contributed by atoms with E-state index in [1.165, 1.54) is 0 Å². The van der Waals surface area contributed by atoms with Crippen LogP contribution in [0.3, 0.4) is 0 Å². The summed E-state index contributed by atoms with van der Waals surface area (Å²) in [6.45, 7) is 0. The molecule has 0 aliphatic carbocycles. The molecule has 0 saturated heterocycles. The summed E-state index contributed by atoms with van der Waals surface area (Å²) in [5.41, 5.74) is 7.31. The second kappa shape index (κ2) is 9.32. The molecule has 176 valence electrons. The Kier molecular flexibility index (Phi) is 5.55. The van der Waals surface area contributed by atoms with Crippen molar-refractivity contribution < 1.29 is 4.42 Å². The van der Waals surface area contributed by atoms with Gasteiger partial charge in [0.1, 0.15) is 23.3 Å². The first-order valence-corrected chi connectivity index (χ1v) is 12.0. The van der Waals surface area contributed by atoms with Crippen LogP contribution >= 0.6 is 0 Å². The van der Waals surface area contributed by atoms with E-state index in [4.69, 9.17) is 4.42 Å². The van der Waals surface area contributed by atoms with Crippen molar-refractivity contribution in [3.05, 3.63) is 126 Å². The molecule has 1 heterocycles. The van der Waals surface area contributed by atoms with E-state index < -0.39 is 0 Å². The van der Waals surface area contributed by atoms with Crippen LogP contribution in [0.2, 0.25) is 0 Å². The number of rotatable bonds is 4. The molecule has 0 aliphatic rings. The highest BCUT2D eigenvalue weighted by molar-refractivity contribution is 6.09. The smallest absolute Gasteiger partial charge is 0.143 e. The molecule has 0 fully saturated rings. The van der Waals surface area contributed by atoms with E-state index in [2.05, 4.69) is 36.4 Å². The number of fused-ring (bicyclic) bond motifs is 3. The van der Waals surface area contributed by atoms with Crippen molar-refractivity contribution in [2.24, 2.45) is 0 Å². The van der Waals surface area contributed by atoms with Gasteiger partial charge in [0.25, 0.3) is 0 Å². The Hall–Kier alpha value is -5.83. The summed E-state index contributed by atoms with van der Waals surface area (Å²) in [7, 11) is 0. The zero-order valence-electron chi connectivity index (χ0n) is 20.1. The zero-order chi connectivity index (χ0) is 26.1. The standard InChI is InChI=1S/C33H18N4O/c34-19-22-8-13-26(14-9-22)37(28-17-12-24(20-35)25(18-28)21-36)27-15-10-23(11-16-27)29-5-3-6-31-30-4-1-2-7-32(30)38-33(29)31/h1-18H. The Labute approximate surface area is 219 Å². The minimum atomic E-state index is 0.303. The Bertz CT molecular complexity index is 1950. The normalized spacial score (nSPS) is 10.6. The first-order chi connectivity index (χ1) is 18.7. The third-order valence-corrected chi connectivity index (χ3v) is 6.60. The van der Waals surface area contributed by atoms with E-state index in [1.54, 1.807) is 24.3 Å². The summed E-state index contributed by atoms with van der Waals surface area (Å²) < 4.78 is 6.23. The molecule has 0 radical (unpaired) electrons. The van der Waals surface area contributed by atoms with Gasteiger partial charge in [0.2, 0.25) is 0 Å². The predicted molar refractivity (Wildman–Crippen MR) is 148 cm³/mol. The molecule has 5 heteroatoms. The molecule has 0 aliphatic heterocycles. The van der Waals surface area contributed by atoms with Gasteiger partial charge < -0.3 is 9.32 Å². The van der Waals surface area contributed by atoms with Crippen LogP contribution in [0.4, 0.5) is 17.1 Å². The number of para-hydroxylation sites is 2. The molecule has 0 atom stereocenters. The molecule has 0 bridgehead atoms. The van der Waals surface area contributed by atoms with Crippen molar-refractivity contribution in [3.63, 3.8) is 0 Å². The predicted octanol–water partition coefficient (Wildman–Crippen LogP) is 8.34. The lowest BCUT2D eigenvalue weighted by atomic mass is 10.0. The van der Waals surface area contributed by atoms with Crippen molar-refractivity contribution in [1.82, 2.24) is 0 Å². The van der Waals surface area contributed by atoms with Crippen LogP contribution < -0.4 is 4.90 Å². The maximum Gasteiger partial charge on any atom is 0.143 e. The van der Waals surface area contributed by atoms with Gasteiger partial charge in [-0.15, -0.1) is 0 Å². The number of nitrogens with zero attached hydrogens (tertiary/aromatic N) is 4. The average molecular weight is 487 g/mol. The van der Waals surface area contributed by atoms with Crippen LogP contribution in [-0.2, 0) is 0 Å². The molecule has 38 heavy (non-hydrogen) atoms. The summed E-state index contributed by atoms with van der Waals surface area (Å²) in [5.74, 6) is 0. The summed E-state index contributed by atoms with van der Waals surface area (Å²) in [4.78, 5) is 1.99. The van der Waals surface area contributed by atoms with E-state index in [0.29, 0.717) is 16.7 Å². The van der Waals surface area contributed by atoms with E-state index >= 15 is 0 Å². The van der Waals surface area contributed by atoms with Crippen molar-refractivity contribution in [2.45, 2.75) is 0 Å². The van der Waals surface area contributed by atoms with Gasteiger partial charge in [-0.05, 0) is 66.2 Å². The van der Waals surface area contributed by atoms with Crippen molar-refractivity contribution in [2.75, 3.05) is 4.90 Å². The maximum absolute atomic E-state index is 9.60. The van der Waals surface area contributed by atoms with Gasteiger partial charge in [-0.2, -0.15) is 15.8 Å². The molecule has 5 aromatic carbocycles. The number of anilines is 3. The number of hydrogen-bond donors (Lipinski definition) is 0. The lowest BCUT2D eigenvalue weighted by molar-refractivity contribution is 0.670. The summed E-state index contributed by atoms with van der Waals surface area (Å²) in [6, 6.07) is 41.1. The quantitative estimate of drug-likeness (QED) is 0.250. The third-order valence-electron chi connectivity index (χ3n) is 6.60. The van der Waals surface area contributed by atoms with Gasteiger partial charge in [-0.3, -0.25) is 0 Å². The Morgan fingerprint density at radius 3 is 1.92 bits per heavy atom. The lowest BCUT2D eigenvalue weighted by Crippen LogP contribution is -2.10. The molecular formula is C33H18N4O. The fraction of sp³-hybridized carbons (Fsp3) is 0. The van der Waals surface area contributed by atoms with Gasteiger partial charge >= 0.3 is 0 Å². The highest BCUT2D eigenvalue weighted by Crippen LogP contribution is 2.39. The average Bonchev–Trinajstić information content (AvgIpc) is 3.37. The Morgan fingerprint density at radius 2 is 1.21 bits per heavy atom. The van der Waals surface area contributed by atoms with Crippen LogP contribution in [0.15, 0.2) is 114 Å². The highest BCUT2D eigenvalue weighted by Gasteiger charge is 2.16. The zero-order valence-corrected chi connectivity index (χ0v) is 20.1. The van der Waals surface area contributed by atoms with Crippen LogP contribution in [0.1, 0.15) is 16.7 Å². The van der Waals surface area contributed by atoms with E-state index in [0.717, 1.165) is 50.1 Å². The molecule has 0 N–H and O–H groups in total. The first-order valence-electron chi connectivity index (χ1n) is 12.0. The molecule has 0 amide bonds. The van der Waals surface area contributed by atoms with E-state index in [9.17, 15) is 15.8 Å². The summed E-state index contributed by atoms with van der Waals surface area (Å²) in [5, 5.41) is 30.4. The number of furan rings is 1. The minimum absolute atomic E-state index is 0.303. The highest BCUT2D eigenvalue weighted by atomic mass is 16.3. The molecule has 6 aromatic rings. The fourth-order valence-corrected chi connectivity index (χ4v) is 4.76. The third kappa shape index (κ3) is 3.80. The van der Waals surface area contributed by atoms with Crippen LogP contribution in [0, 0.1) is 34.0 Å². The minimum Gasteiger partial charge on any atom is -0.455 e. The number of nitriles is 3. The van der Waals surface area contributed by atoms with Crippen LogP contribution in [-0.4, -0.2) is 0 Å². The topological polar surface area (TPSA) is 87.8 Å². The summed E-state index contributed by atoms with van der Waals surface area (Å²) in [6.07, 6.45) is 0. The summed E-state index contributed by atoms with van der Waals surface area (Å²) >= 11 is 0. The van der Waals surface area contributed by atoms with Crippen molar-refractivity contribution in [1.29, 1.82) is 15.8 Å². The fourth-order valence-electron chi connectivity index (χ4n) is 4.76. The largest absolute Gasteiger partial charge is 0.455 e. The lowest BCUT2D eigenvalue weighted by Gasteiger charge is -2.26. The maximum atomic E-state index is 9.60. The molecular weight excluding hydrogens is 468 g/mol. The van der Waals surface area contributed by atoms with Gasteiger partial charge in [-0.25, -0.2) is 0 Å². The molecule has 1 aromatic heterocycles. The van der Waals surface area contributed by atoms with Gasteiger partial charge in [0.15, 0.2) is 0 Å². The van der Waals surface area contributed by atoms with E-state index in [-0.39, 0.29) is 0 Å². The molecule has 5 nitrogen and oxygen atoms in total. The number of benzene rings is 5. The van der Waals surface area contributed by atoms with Crippen molar-refractivity contribution in [3.8, 4) is 29.3 Å². The van der Waals surface area contributed by atoms with Crippen LogP contribution in [0.25, 0.3) is 33.1 Å². The second-order valence-corrected chi connectivity index (χ2v) is 8.77. The van der Waals surface area contributed by atoms with Gasteiger partial charge in [0.05, 0.1) is 22.8 Å². The molecule has 0 unspecified atom stereocenters. The SMILES string of the molecule is N#Cc1ccc(N(c2ccc(-c3cccc4c3oc3ccccc34)cc2)c2ccc(C#N)c(C#N)c2)cc1. The van der Waals surface area contributed by atoms with Crippen LogP contribution in [0.5, 0.6) is 0 Å². The second-order valence-electron chi connectivity index (χ2n) is 8.77. The van der Waals surface area contributed by atoms with Gasteiger partial charge in [-0.1, -0.05) is 48.5 Å². The molecule has 0 saturated carbocycles. The molecule has 0 spiro atoms. The Balaban J connectivity index is 1.47. The van der Waals surface area contributed by atoms with Gasteiger partial charge in [0, 0.05) is 33.4 Å². The van der Waals surface area contributed by atoms with E-state index in [1.807, 2.05) is 71.6 Å². The Morgan fingerprint density at radius 1 is 0.553 bits per heavy atom.